The van der Waals surface area contributed by atoms with E-state index >= 15 is 0 Å². The van der Waals surface area contributed by atoms with Crippen molar-refractivity contribution in [2.75, 3.05) is 13.1 Å². The topological polar surface area (TPSA) is 57.6 Å². The molecule has 1 amide bonds. The van der Waals surface area contributed by atoms with Gasteiger partial charge >= 0.3 is 5.97 Å². The summed E-state index contributed by atoms with van der Waals surface area (Å²) in [5.74, 6) is -0.756. The van der Waals surface area contributed by atoms with Crippen molar-refractivity contribution in [3.63, 3.8) is 0 Å². The number of carbonyl (C=O) groups is 2. The Hall–Kier alpha value is -1.06. The van der Waals surface area contributed by atoms with E-state index in [-0.39, 0.29) is 0 Å². The highest BCUT2D eigenvalue weighted by molar-refractivity contribution is 5.74. The Bertz CT molecular complexity index is 194. The van der Waals surface area contributed by atoms with Gasteiger partial charge in [-0.2, -0.15) is 0 Å². The lowest BCUT2D eigenvalue weighted by molar-refractivity contribution is -0.151. The Morgan fingerprint density at radius 1 is 1.50 bits per heavy atom. The molecular formula is C8H13NO3. The van der Waals surface area contributed by atoms with E-state index in [1.165, 1.54) is 0 Å². The number of likely N-dealkylation sites (tertiary alicyclic amines) is 1. The number of hydrogen-bond acceptors (Lipinski definition) is 2. The fraction of sp³-hybridized carbons (Fsp3) is 0.750. The largest absolute Gasteiger partial charge is 0.481 e. The van der Waals surface area contributed by atoms with E-state index in [9.17, 15) is 9.59 Å². The maximum Gasteiger partial charge on any atom is 0.309 e. The molecule has 1 rings (SSSR count). The van der Waals surface area contributed by atoms with E-state index < -0.39 is 11.4 Å². The van der Waals surface area contributed by atoms with Crippen molar-refractivity contribution in [1.29, 1.82) is 0 Å². The van der Waals surface area contributed by atoms with Crippen LogP contribution in [-0.4, -0.2) is 35.5 Å². The minimum Gasteiger partial charge on any atom is -0.481 e. The highest BCUT2D eigenvalue weighted by Gasteiger charge is 2.36. The predicted molar refractivity (Wildman–Crippen MR) is 42.6 cm³/mol. The maximum atomic E-state index is 10.8. The van der Waals surface area contributed by atoms with Gasteiger partial charge in [0.05, 0.1) is 5.41 Å². The molecule has 1 N–H and O–H groups in total. The van der Waals surface area contributed by atoms with Crippen molar-refractivity contribution < 1.29 is 14.7 Å². The summed E-state index contributed by atoms with van der Waals surface area (Å²) in [6.07, 6.45) is 1.89. The Morgan fingerprint density at radius 2 is 2.00 bits per heavy atom. The van der Waals surface area contributed by atoms with E-state index in [1.54, 1.807) is 11.8 Å². The molecule has 0 spiro atoms. The third-order valence-electron chi connectivity index (χ3n) is 2.57. The highest BCUT2D eigenvalue weighted by atomic mass is 16.4. The van der Waals surface area contributed by atoms with Crippen LogP contribution >= 0.6 is 0 Å². The zero-order valence-electron chi connectivity index (χ0n) is 7.12. The molecule has 0 radical (unpaired) electrons. The van der Waals surface area contributed by atoms with Crippen LogP contribution in [-0.2, 0) is 9.59 Å². The minimum absolute atomic E-state index is 0.557. The van der Waals surface area contributed by atoms with E-state index in [2.05, 4.69) is 0 Å². The van der Waals surface area contributed by atoms with Gasteiger partial charge < -0.3 is 10.0 Å². The van der Waals surface area contributed by atoms with Gasteiger partial charge in [0.25, 0.3) is 0 Å². The number of rotatable bonds is 2. The molecule has 0 saturated carbocycles. The second kappa shape index (κ2) is 3.13. The number of carboxylic acids is 1. The van der Waals surface area contributed by atoms with Crippen LogP contribution in [0.2, 0.25) is 0 Å². The first-order valence-corrected chi connectivity index (χ1v) is 4.01. The van der Waals surface area contributed by atoms with Crippen LogP contribution in [0.1, 0.15) is 19.8 Å². The summed E-state index contributed by atoms with van der Waals surface area (Å²) in [6.45, 7) is 2.86. The van der Waals surface area contributed by atoms with Crippen molar-refractivity contribution in [3.05, 3.63) is 0 Å². The summed E-state index contributed by atoms with van der Waals surface area (Å²) >= 11 is 0. The molecule has 1 fully saturated rings. The smallest absolute Gasteiger partial charge is 0.309 e. The van der Waals surface area contributed by atoms with Gasteiger partial charge in [0.15, 0.2) is 0 Å². The van der Waals surface area contributed by atoms with E-state index in [0.29, 0.717) is 25.9 Å². The van der Waals surface area contributed by atoms with Gasteiger partial charge in [0.1, 0.15) is 0 Å². The SMILES string of the molecule is CC1(C(=O)O)CCN(C=O)CC1. The Labute approximate surface area is 71.2 Å². The van der Waals surface area contributed by atoms with E-state index in [1.807, 2.05) is 0 Å². The normalized spacial score (nSPS) is 21.9. The van der Waals surface area contributed by atoms with Gasteiger partial charge in [0.2, 0.25) is 6.41 Å². The third kappa shape index (κ3) is 1.57. The van der Waals surface area contributed by atoms with Crippen LogP contribution in [0.5, 0.6) is 0 Å². The number of carboxylic acid groups (broad SMARTS) is 1. The van der Waals surface area contributed by atoms with Crippen LogP contribution in [0.3, 0.4) is 0 Å². The average Bonchev–Trinajstić information content (AvgIpc) is 2.06. The summed E-state index contributed by atoms with van der Waals surface area (Å²) in [5, 5.41) is 8.85. The van der Waals surface area contributed by atoms with E-state index in [0.717, 1.165) is 6.41 Å². The molecule has 0 atom stereocenters. The van der Waals surface area contributed by atoms with Gasteiger partial charge in [-0.25, -0.2) is 0 Å². The summed E-state index contributed by atoms with van der Waals surface area (Å²) in [7, 11) is 0. The van der Waals surface area contributed by atoms with Gasteiger partial charge in [-0.05, 0) is 19.8 Å². The van der Waals surface area contributed by atoms with Crippen LogP contribution in [0, 0.1) is 5.41 Å². The molecule has 12 heavy (non-hydrogen) atoms. The monoisotopic (exact) mass is 171 g/mol. The lowest BCUT2D eigenvalue weighted by Gasteiger charge is -2.34. The summed E-state index contributed by atoms with van der Waals surface area (Å²) in [6, 6.07) is 0. The molecule has 4 heteroatoms. The van der Waals surface area contributed by atoms with Crippen molar-refractivity contribution in [2.45, 2.75) is 19.8 Å². The Balaban J connectivity index is 2.55. The molecule has 4 nitrogen and oxygen atoms in total. The number of aliphatic carboxylic acids is 1. The molecule has 1 saturated heterocycles. The highest BCUT2D eigenvalue weighted by Crippen LogP contribution is 2.30. The Kier molecular flexibility index (Phi) is 2.35. The van der Waals surface area contributed by atoms with Crippen LogP contribution < -0.4 is 0 Å². The first-order valence-electron chi connectivity index (χ1n) is 4.01. The van der Waals surface area contributed by atoms with Gasteiger partial charge in [-0.3, -0.25) is 9.59 Å². The van der Waals surface area contributed by atoms with Gasteiger partial charge in [0, 0.05) is 13.1 Å². The van der Waals surface area contributed by atoms with Gasteiger partial charge in [-0.1, -0.05) is 0 Å². The van der Waals surface area contributed by atoms with Crippen molar-refractivity contribution in [1.82, 2.24) is 4.90 Å². The molecule has 68 valence electrons. The van der Waals surface area contributed by atoms with Crippen molar-refractivity contribution in [3.8, 4) is 0 Å². The second-order valence-corrected chi connectivity index (χ2v) is 3.51. The maximum absolute atomic E-state index is 10.8. The fourth-order valence-corrected chi connectivity index (χ4v) is 1.34. The summed E-state index contributed by atoms with van der Waals surface area (Å²) in [4.78, 5) is 22.7. The average molecular weight is 171 g/mol. The van der Waals surface area contributed by atoms with Crippen molar-refractivity contribution >= 4 is 12.4 Å². The summed E-state index contributed by atoms with van der Waals surface area (Å²) in [5.41, 5.74) is -0.625. The number of piperidine rings is 1. The zero-order valence-corrected chi connectivity index (χ0v) is 7.12. The lowest BCUT2D eigenvalue weighted by atomic mass is 9.81. The second-order valence-electron chi connectivity index (χ2n) is 3.51. The lowest BCUT2D eigenvalue weighted by Crippen LogP contribution is -2.41. The zero-order chi connectivity index (χ0) is 9.19. The van der Waals surface area contributed by atoms with Gasteiger partial charge in [-0.15, -0.1) is 0 Å². The first kappa shape index (κ1) is 9.03. The third-order valence-corrected chi connectivity index (χ3v) is 2.57. The fourth-order valence-electron chi connectivity index (χ4n) is 1.34. The first-order chi connectivity index (χ1) is 5.58. The minimum atomic E-state index is -0.756. The molecule has 1 aliphatic rings. The molecule has 0 aromatic carbocycles. The predicted octanol–water partition coefficient (Wildman–Crippen LogP) is 0.329. The van der Waals surface area contributed by atoms with Crippen LogP contribution in [0.25, 0.3) is 0 Å². The number of nitrogens with zero attached hydrogens (tertiary/aromatic N) is 1. The van der Waals surface area contributed by atoms with E-state index in [4.69, 9.17) is 5.11 Å². The number of hydrogen-bond donors (Lipinski definition) is 1. The van der Waals surface area contributed by atoms with Crippen LogP contribution in [0.15, 0.2) is 0 Å². The molecular weight excluding hydrogens is 158 g/mol. The van der Waals surface area contributed by atoms with Crippen molar-refractivity contribution in [2.24, 2.45) is 5.41 Å². The quantitative estimate of drug-likeness (QED) is 0.609. The molecule has 1 heterocycles. The number of carbonyl (C=O) groups excluding carboxylic acids is 1. The number of amides is 1. The van der Waals surface area contributed by atoms with Crippen LogP contribution in [0.4, 0.5) is 0 Å². The molecule has 1 aliphatic heterocycles. The standard InChI is InChI=1S/C8H13NO3/c1-8(7(11)12)2-4-9(6-10)5-3-8/h6H,2-5H2,1H3,(H,11,12). The molecule has 0 aliphatic carbocycles. The Morgan fingerprint density at radius 3 is 2.33 bits per heavy atom. The summed E-state index contributed by atoms with van der Waals surface area (Å²) < 4.78 is 0. The molecule has 0 aromatic heterocycles. The molecule has 0 aromatic rings. The molecule has 0 bridgehead atoms. The molecule has 0 unspecified atom stereocenters.